The van der Waals surface area contributed by atoms with Crippen LogP contribution in [0.3, 0.4) is 0 Å². The Morgan fingerprint density at radius 2 is 1.69 bits per heavy atom. The molecule has 1 aromatic heterocycles. The van der Waals surface area contributed by atoms with Crippen LogP contribution in [0.5, 0.6) is 0 Å². The molecular formula is C26H27N3O5S. The molecule has 0 unspecified atom stereocenters. The fourth-order valence-corrected chi connectivity index (χ4v) is 5.22. The van der Waals surface area contributed by atoms with Crippen molar-refractivity contribution >= 4 is 34.5 Å². The molecule has 1 heterocycles. The monoisotopic (exact) mass is 493 g/mol. The van der Waals surface area contributed by atoms with Gasteiger partial charge in [0.2, 0.25) is 5.91 Å². The van der Waals surface area contributed by atoms with Gasteiger partial charge in [0.05, 0.1) is 5.69 Å². The van der Waals surface area contributed by atoms with Crippen LogP contribution in [-0.4, -0.2) is 47.6 Å². The van der Waals surface area contributed by atoms with E-state index in [1.165, 1.54) is 16.0 Å². The predicted octanol–water partition coefficient (Wildman–Crippen LogP) is 4.82. The summed E-state index contributed by atoms with van der Waals surface area (Å²) in [7, 11) is 1.55. The van der Waals surface area contributed by atoms with Crippen LogP contribution in [0.15, 0.2) is 48.5 Å². The van der Waals surface area contributed by atoms with Crippen LogP contribution in [0, 0.1) is 6.92 Å². The summed E-state index contributed by atoms with van der Waals surface area (Å²) >= 11 is 0.997. The minimum atomic E-state index is -1.10. The maximum absolute atomic E-state index is 12.5. The Hall–Kier alpha value is -3.72. The number of unbranched alkanes of at least 4 members (excludes halogenated alkanes) is 1. The van der Waals surface area contributed by atoms with Gasteiger partial charge in [-0.2, -0.15) is 4.37 Å². The van der Waals surface area contributed by atoms with Gasteiger partial charge in [-0.1, -0.05) is 48.5 Å². The topological polar surface area (TPSA) is 109 Å². The maximum atomic E-state index is 12.5. The summed E-state index contributed by atoms with van der Waals surface area (Å²) in [4.78, 5) is 37.5. The molecule has 0 spiro atoms. The van der Waals surface area contributed by atoms with E-state index in [0.717, 1.165) is 22.7 Å². The van der Waals surface area contributed by atoms with Gasteiger partial charge < -0.3 is 20.1 Å². The van der Waals surface area contributed by atoms with Crippen molar-refractivity contribution in [3.05, 3.63) is 70.9 Å². The summed E-state index contributed by atoms with van der Waals surface area (Å²) in [5, 5.41) is 12.4. The molecule has 0 radical (unpaired) electrons. The van der Waals surface area contributed by atoms with Crippen molar-refractivity contribution in [3.63, 3.8) is 0 Å². The van der Waals surface area contributed by atoms with Crippen LogP contribution in [0.1, 0.15) is 52.4 Å². The molecule has 8 nitrogen and oxygen atoms in total. The number of ether oxygens (including phenoxy) is 1. The lowest BCUT2D eigenvalue weighted by Crippen LogP contribution is -2.28. The summed E-state index contributed by atoms with van der Waals surface area (Å²) in [6, 6.07) is 16.3. The second-order valence-corrected chi connectivity index (χ2v) is 9.17. The summed E-state index contributed by atoms with van der Waals surface area (Å²) in [6.45, 7) is 2.24. The molecule has 35 heavy (non-hydrogen) atoms. The number of benzene rings is 2. The van der Waals surface area contributed by atoms with Crippen molar-refractivity contribution in [2.24, 2.45) is 0 Å². The summed E-state index contributed by atoms with van der Waals surface area (Å²) < 4.78 is 9.56. The van der Waals surface area contributed by atoms with Crippen molar-refractivity contribution in [2.45, 2.75) is 32.1 Å². The van der Waals surface area contributed by atoms with Crippen molar-refractivity contribution in [1.29, 1.82) is 0 Å². The summed E-state index contributed by atoms with van der Waals surface area (Å²) in [5.41, 5.74) is 5.12. The van der Waals surface area contributed by atoms with Gasteiger partial charge in [-0.3, -0.25) is 4.79 Å². The molecule has 0 fully saturated rings. The van der Waals surface area contributed by atoms with Gasteiger partial charge in [0.1, 0.15) is 17.2 Å². The fraction of sp³-hybridized carbons (Fsp3) is 0.308. The molecular weight excluding hydrogens is 466 g/mol. The van der Waals surface area contributed by atoms with Gasteiger partial charge in [-0.15, -0.1) is 0 Å². The Labute approximate surface area is 207 Å². The highest BCUT2D eigenvalue weighted by molar-refractivity contribution is 7.11. The smallest absolute Gasteiger partial charge is 0.407 e. The molecule has 1 aliphatic carbocycles. The quantitative estimate of drug-likeness (QED) is 0.414. The lowest BCUT2D eigenvalue weighted by Gasteiger charge is -2.16. The number of alkyl carbamates (subject to hydrolysis) is 1. The Morgan fingerprint density at radius 1 is 1.06 bits per heavy atom. The summed E-state index contributed by atoms with van der Waals surface area (Å²) in [6.07, 6.45) is 0.893. The van der Waals surface area contributed by atoms with Gasteiger partial charge in [0, 0.05) is 25.9 Å². The molecule has 0 bridgehead atoms. The maximum Gasteiger partial charge on any atom is 0.407 e. The third-order valence-electron chi connectivity index (χ3n) is 6.17. The molecule has 0 atom stereocenters. The number of aromatic nitrogens is 1. The largest absolute Gasteiger partial charge is 0.478 e. The predicted molar refractivity (Wildman–Crippen MR) is 134 cm³/mol. The Bertz CT molecular complexity index is 1210. The number of nitrogens with one attached hydrogen (secondary N) is 1. The fourth-order valence-electron chi connectivity index (χ4n) is 4.35. The third-order valence-corrected chi connectivity index (χ3v) is 7.18. The van der Waals surface area contributed by atoms with E-state index in [1.807, 2.05) is 24.3 Å². The zero-order valence-corrected chi connectivity index (χ0v) is 20.4. The first kappa shape index (κ1) is 24.4. The van der Waals surface area contributed by atoms with Gasteiger partial charge in [0.15, 0.2) is 0 Å². The molecule has 2 aromatic carbocycles. The first-order chi connectivity index (χ1) is 16.9. The number of carboxylic acid groups (broad SMARTS) is 1. The number of hydrogen-bond acceptors (Lipinski definition) is 6. The van der Waals surface area contributed by atoms with Crippen LogP contribution >= 0.6 is 11.5 Å². The molecule has 0 saturated heterocycles. The number of carbonyl (C=O) groups excluding carboxylic acids is 2. The molecule has 9 heteroatoms. The lowest BCUT2D eigenvalue weighted by atomic mass is 9.98. The van der Waals surface area contributed by atoms with Gasteiger partial charge in [-0.05, 0) is 53.6 Å². The lowest BCUT2D eigenvalue weighted by molar-refractivity contribution is -0.118. The number of rotatable bonds is 9. The zero-order chi connectivity index (χ0) is 24.9. The SMILES string of the molecule is Cc1nsc(N(C)C(=O)CCCCNC(=O)OCC2c3ccccc3-c3ccccc32)c1C(=O)O. The molecule has 182 valence electrons. The summed E-state index contributed by atoms with van der Waals surface area (Å²) in [5.74, 6) is -1.29. The van der Waals surface area contributed by atoms with Crippen LogP contribution < -0.4 is 10.2 Å². The van der Waals surface area contributed by atoms with Crippen molar-refractivity contribution in [1.82, 2.24) is 9.69 Å². The van der Waals surface area contributed by atoms with Crippen molar-refractivity contribution in [2.75, 3.05) is 25.1 Å². The van der Waals surface area contributed by atoms with E-state index in [9.17, 15) is 19.5 Å². The minimum absolute atomic E-state index is 0.00683. The van der Waals surface area contributed by atoms with Crippen LogP contribution in [0.25, 0.3) is 11.1 Å². The number of amides is 2. The molecule has 1 aliphatic rings. The number of anilines is 1. The zero-order valence-electron chi connectivity index (χ0n) is 19.6. The molecule has 0 saturated carbocycles. The van der Waals surface area contributed by atoms with Gasteiger partial charge in [-0.25, -0.2) is 9.59 Å². The van der Waals surface area contributed by atoms with Crippen molar-refractivity contribution < 1.29 is 24.2 Å². The molecule has 2 amide bonds. The first-order valence-electron chi connectivity index (χ1n) is 11.4. The van der Waals surface area contributed by atoms with Gasteiger partial charge in [0.25, 0.3) is 0 Å². The Morgan fingerprint density at radius 3 is 2.31 bits per heavy atom. The second-order valence-electron chi connectivity index (χ2n) is 8.42. The van der Waals surface area contributed by atoms with Crippen LogP contribution in [0.4, 0.5) is 9.80 Å². The number of aromatic carboxylic acids is 1. The van der Waals surface area contributed by atoms with E-state index in [1.54, 1.807) is 14.0 Å². The van der Waals surface area contributed by atoms with E-state index in [-0.39, 0.29) is 30.4 Å². The van der Waals surface area contributed by atoms with E-state index in [4.69, 9.17) is 4.74 Å². The number of fused-ring (bicyclic) bond motifs is 3. The van der Waals surface area contributed by atoms with E-state index < -0.39 is 12.1 Å². The first-order valence-corrected chi connectivity index (χ1v) is 12.2. The molecule has 3 aromatic rings. The molecule has 2 N–H and O–H groups in total. The number of aryl methyl sites for hydroxylation is 1. The average Bonchev–Trinajstić information content (AvgIpc) is 3.40. The van der Waals surface area contributed by atoms with E-state index in [2.05, 4.69) is 34.0 Å². The van der Waals surface area contributed by atoms with Crippen LogP contribution in [0.2, 0.25) is 0 Å². The highest BCUT2D eigenvalue weighted by Crippen LogP contribution is 2.44. The van der Waals surface area contributed by atoms with E-state index >= 15 is 0 Å². The Balaban J connectivity index is 1.20. The second kappa shape index (κ2) is 10.7. The number of hydrogen-bond donors (Lipinski definition) is 2. The average molecular weight is 494 g/mol. The van der Waals surface area contributed by atoms with Crippen LogP contribution in [-0.2, 0) is 9.53 Å². The normalized spacial score (nSPS) is 12.1. The highest BCUT2D eigenvalue weighted by Gasteiger charge is 2.29. The Kier molecular flexibility index (Phi) is 7.45. The number of carbonyl (C=O) groups is 3. The number of nitrogens with zero attached hydrogens (tertiary/aromatic N) is 2. The number of carboxylic acids is 1. The minimum Gasteiger partial charge on any atom is -0.478 e. The van der Waals surface area contributed by atoms with Crippen molar-refractivity contribution in [3.8, 4) is 11.1 Å². The molecule has 4 rings (SSSR count). The highest BCUT2D eigenvalue weighted by atomic mass is 32.1. The van der Waals surface area contributed by atoms with Gasteiger partial charge >= 0.3 is 12.1 Å². The van der Waals surface area contributed by atoms with E-state index in [0.29, 0.717) is 30.1 Å². The molecule has 0 aliphatic heterocycles. The third kappa shape index (κ3) is 5.19. The standard InChI is InChI=1S/C26H27N3O5S/c1-16-23(25(31)32)24(35-28-16)29(2)22(30)13-7-8-14-27-26(33)34-15-21-19-11-5-3-9-17(19)18-10-4-6-12-20(18)21/h3-6,9-12,21H,7-8,13-15H2,1-2H3,(H,27,33)(H,31,32).